The molecular formula is C13H22N2OS. The highest BCUT2D eigenvalue weighted by molar-refractivity contribution is 8.00. The van der Waals surface area contributed by atoms with Gasteiger partial charge in [0.2, 0.25) is 0 Å². The van der Waals surface area contributed by atoms with Crippen molar-refractivity contribution in [3.8, 4) is 0 Å². The maximum Gasteiger partial charge on any atom is 0.148 e. The van der Waals surface area contributed by atoms with Gasteiger partial charge in [-0.2, -0.15) is 16.9 Å². The number of thioether (sulfide) groups is 1. The van der Waals surface area contributed by atoms with E-state index >= 15 is 0 Å². The van der Waals surface area contributed by atoms with Gasteiger partial charge in [-0.1, -0.05) is 20.8 Å². The molecule has 0 aliphatic rings. The smallest absolute Gasteiger partial charge is 0.148 e. The van der Waals surface area contributed by atoms with Gasteiger partial charge in [0.25, 0.3) is 0 Å². The molecule has 3 nitrogen and oxygen atoms in total. The summed E-state index contributed by atoms with van der Waals surface area (Å²) in [6.07, 6.45) is 2.54. The summed E-state index contributed by atoms with van der Waals surface area (Å²) in [7, 11) is 1.91. The fourth-order valence-corrected chi connectivity index (χ4v) is 2.32. The SMILES string of the molecule is CCc1cc(CC(=O)CSC(C)CC)n(C)n1. The van der Waals surface area contributed by atoms with E-state index in [0.717, 1.165) is 24.2 Å². The molecule has 0 aliphatic heterocycles. The molecule has 0 bridgehead atoms. The van der Waals surface area contributed by atoms with Crippen LogP contribution in [-0.2, 0) is 24.7 Å². The third-order valence-corrected chi connectivity index (χ3v) is 4.26. The van der Waals surface area contributed by atoms with E-state index in [9.17, 15) is 4.79 Å². The summed E-state index contributed by atoms with van der Waals surface area (Å²) < 4.78 is 1.82. The zero-order valence-corrected chi connectivity index (χ0v) is 12.0. The monoisotopic (exact) mass is 254 g/mol. The molecule has 1 aromatic rings. The van der Waals surface area contributed by atoms with Crippen molar-refractivity contribution in [1.29, 1.82) is 0 Å². The topological polar surface area (TPSA) is 34.9 Å². The van der Waals surface area contributed by atoms with Gasteiger partial charge in [0, 0.05) is 24.4 Å². The van der Waals surface area contributed by atoms with Crippen molar-refractivity contribution in [2.24, 2.45) is 7.05 Å². The number of hydrogen-bond acceptors (Lipinski definition) is 3. The van der Waals surface area contributed by atoms with Crippen molar-refractivity contribution >= 4 is 17.5 Å². The molecule has 0 N–H and O–H groups in total. The quantitative estimate of drug-likeness (QED) is 0.750. The molecule has 0 saturated carbocycles. The normalized spacial score (nSPS) is 12.7. The van der Waals surface area contributed by atoms with E-state index in [1.807, 2.05) is 17.8 Å². The minimum Gasteiger partial charge on any atom is -0.298 e. The van der Waals surface area contributed by atoms with Crippen LogP contribution in [0, 0.1) is 0 Å². The van der Waals surface area contributed by atoms with Crippen LogP contribution < -0.4 is 0 Å². The van der Waals surface area contributed by atoms with Crippen LogP contribution in [0.15, 0.2) is 6.07 Å². The largest absolute Gasteiger partial charge is 0.298 e. The van der Waals surface area contributed by atoms with Crippen molar-refractivity contribution in [2.45, 2.75) is 45.3 Å². The van der Waals surface area contributed by atoms with Crippen molar-refractivity contribution in [3.63, 3.8) is 0 Å². The predicted molar refractivity (Wildman–Crippen MR) is 73.5 cm³/mol. The zero-order chi connectivity index (χ0) is 12.8. The van der Waals surface area contributed by atoms with E-state index in [-0.39, 0.29) is 0 Å². The van der Waals surface area contributed by atoms with Gasteiger partial charge in [0.05, 0.1) is 11.4 Å². The van der Waals surface area contributed by atoms with Gasteiger partial charge in [-0.25, -0.2) is 0 Å². The molecular weight excluding hydrogens is 232 g/mol. The molecule has 1 heterocycles. The van der Waals surface area contributed by atoms with Crippen molar-refractivity contribution in [3.05, 3.63) is 17.5 Å². The van der Waals surface area contributed by atoms with Crippen LogP contribution in [0.5, 0.6) is 0 Å². The van der Waals surface area contributed by atoms with Gasteiger partial charge in [-0.3, -0.25) is 9.48 Å². The van der Waals surface area contributed by atoms with Crippen molar-refractivity contribution in [2.75, 3.05) is 5.75 Å². The highest BCUT2D eigenvalue weighted by Gasteiger charge is 2.10. The molecule has 0 saturated heterocycles. The van der Waals surface area contributed by atoms with E-state index in [2.05, 4.69) is 25.9 Å². The first-order valence-electron chi connectivity index (χ1n) is 6.21. The summed E-state index contributed by atoms with van der Waals surface area (Å²) >= 11 is 1.74. The number of rotatable bonds is 7. The summed E-state index contributed by atoms with van der Waals surface area (Å²) in [6.45, 7) is 6.39. The minimum absolute atomic E-state index is 0.293. The standard InChI is InChI=1S/C13H22N2OS/c1-5-10(3)17-9-13(16)8-12-7-11(6-2)14-15(12)4/h7,10H,5-6,8-9H2,1-4H3. The lowest BCUT2D eigenvalue weighted by Crippen LogP contribution is -2.11. The maximum absolute atomic E-state index is 11.8. The Bertz CT molecular complexity index is 373. The molecule has 1 rings (SSSR count). The number of aryl methyl sites for hydroxylation is 2. The van der Waals surface area contributed by atoms with Crippen LogP contribution in [0.3, 0.4) is 0 Å². The minimum atomic E-state index is 0.293. The molecule has 1 atom stereocenters. The molecule has 0 aliphatic carbocycles. The summed E-state index contributed by atoms with van der Waals surface area (Å²) in [6, 6.07) is 2.03. The van der Waals surface area contributed by atoms with E-state index in [1.54, 1.807) is 11.8 Å². The molecule has 1 unspecified atom stereocenters. The van der Waals surface area contributed by atoms with Crippen LogP contribution in [0.2, 0.25) is 0 Å². The van der Waals surface area contributed by atoms with Crippen molar-refractivity contribution < 1.29 is 4.79 Å². The van der Waals surface area contributed by atoms with E-state index in [0.29, 0.717) is 23.2 Å². The van der Waals surface area contributed by atoms with Gasteiger partial charge < -0.3 is 0 Å². The van der Waals surface area contributed by atoms with E-state index in [1.165, 1.54) is 0 Å². The Morgan fingerprint density at radius 2 is 2.24 bits per heavy atom. The molecule has 1 aromatic heterocycles. The number of carbonyl (C=O) groups is 1. The Balaban J connectivity index is 2.47. The highest BCUT2D eigenvalue weighted by atomic mass is 32.2. The molecule has 4 heteroatoms. The number of aromatic nitrogens is 2. The van der Waals surface area contributed by atoms with Gasteiger partial charge in [0.1, 0.15) is 5.78 Å². The highest BCUT2D eigenvalue weighted by Crippen LogP contribution is 2.14. The summed E-state index contributed by atoms with van der Waals surface area (Å²) in [5.41, 5.74) is 2.08. The molecule has 0 spiro atoms. The second-order valence-corrected chi connectivity index (χ2v) is 5.78. The van der Waals surface area contributed by atoms with Crippen LogP contribution >= 0.6 is 11.8 Å². The van der Waals surface area contributed by atoms with E-state index in [4.69, 9.17) is 0 Å². The average molecular weight is 254 g/mol. The predicted octanol–water partition coefficient (Wildman–Crippen LogP) is 2.63. The molecule has 17 heavy (non-hydrogen) atoms. The van der Waals surface area contributed by atoms with E-state index < -0.39 is 0 Å². The Hall–Kier alpha value is -0.770. The summed E-state index contributed by atoms with van der Waals surface area (Å²) in [5.74, 6) is 0.905. The Labute approximate surface area is 108 Å². The lowest BCUT2D eigenvalue weighted by atomic mass is 10.2. The molecule has 0 amide bonds. The van der Waals surface area contributed by atoms with Crippen LogP contribution in [-0.4, -0.2) is 26.6 Å². The summed E-state index contributed by atoms with van der Waals surface area (Å²) in [4.78, 5) is 11.8. The first-order valence-corrected chi connectivity index (χ1v) is 7.26. The third kappa shape index (κ3) is 4.54. The number of ketones is 1. The van der Waals surface area contributed by atoms with Gasteiger partial charge in [-0.05, 0) is 18.9 Å². The van der Waals surface area contributed by atoms with Gasteiger partial charge >= 0.3 is 0 Å². The summed E-state index contributed by atoms with van der Waals surface area (Å²) in [5, 5.41) is 4.92. The molecule has 0 fully saturated rings. The molecule has 96 valence electrons. The Morgan fingerprint density at radius 3 is 2.76 bits per heavy atom. The van der Waals surface area contributed by atoms with Gasteiger partial charge in [0.15, 0.2) is 0 Å². The van der Waals surface area contributed by atoms with Crippen LogP contribution in [0.4, 0.5) is 0 Å². The lowest BCUT2D eigenvalue weighted by molar-refractivity contribution is -0.116. The Kier molecular flexibility index (Phi) is 5.75. The number of hydrogen-bond donors (Lipinski definition) is 0. The second-order valence-electron chi connectivity index (χ2n) is 4.35. The number of Topliss-reactive ketones (excluding diaryl/α,β-unsaturated/α-hetero) is 1. The fraction of sp³-hybridized carbons (Fsp3) is 0.692. The first-order chi connectivity index (χ1) is 8.06. The third-order valence-electron chi connectivity index (χ3n) is 2.87. The first kappa shape index (κ1) is 14.3. The molecule has 0 radical (unpaired) electrons. The average Bonchev–Trinajstić information content (AvgIpc) is 2.67. The number of carbonyl (C=O) groups excluding carboxylic acids is 1. The van der Waals surface area contributed by atoms with Crippen LogP contribution in [0.25, 0.3) is 0 Å². The Morgan fingerprint density at radius 1 is 1.53 bits per heavy atom. The van der Waals surface area contributed by atoms with Crippen LogP contribution in [0.1, 0.15) is 38.6 Å². The maximum atomic E-state index is 11.8. The zero-order valence-electron chi connectivity index (χ0n) is 11.2. The van der Waals surface area contributed by atoms with Gasteiger partial charge in [-0.15, -0.1) is 0 Å². The fourth-order valence-electron chi connectivity index (χ4n) is 1.52. The number of nitrogens with zero attached hydrogens (tertiary/aromatic N) is 2. The lowest BCUT2D eigenvalue weighted by Gasteiger charge is -2.07. The van der Waals surface area contributed by atoms with Crippen molar-refractivity contribution in [1.82, 2.24) is 9.78 Å². The molecule has 0 aromatic carbocycles. The second kappa shape index (κ2) is 6.84.